The minimum atomic E-state index is -3.74. The number of unbranched alkanes of at least 4 members (excludes halogenated alkanes) is 1. The van der Waals surface area contributed by atoms with Gasteiger partial charge in [-0.2, -0.15) is 0 Å². The molecule has 10 heteroatoms. The summed E-state index contributed by atoms with van der Waals surface area (Å²) in [6, 6.07) is 15.9. The van der Waals surface area contributed by atoms with Gasteiger partial charge in [-0.05, 0) is 56.7 Å². The minimum Gasteiger partial charge on any atom is -0.444 e. The van der Waals surface area contributed by atoms with E-state index in [0.29, 0.717) is 12.1 Å². The number of hydrogen-bond donors (Lipinski definition) is 3. The van der Waals surface area contributed by atoms with Gasteiger partial charge in [0.05, 0.1) is 6.42 Å². The van der Waals surface area contributed by atoms with Crippen molar-refractivity contribution in [3.8, 4) is 0 Å². The summed E-state index contributed by atoms with van der Waals surface area (Å²) in [4.78, 5) is 36.9. The van der Waals surface area contributed by atoms with Crippen LogP contribution >= 0.6 is 0 Å². The maximum absolute atomic E-state index is 13.0. The van der Waals surface area contributed by atoms with Crippen LogP contribution in [0.25, 0.3) is 0 Å². The number of ether oxygens (including phenoxy) is 1. The first kappa shape index (κ1) is 28.2. The molecule has 0 aromatic heterocycles. The monoisotopic (exact) mass is 529 g/mol. The van der Waals surface area contributed by atoms with E-state index in [2.05, 4.69) is 22.8 Å². The Hall–Kier alpha value is -3.40. The van der Waals surface area contributed by atoms with Gasteiger partial charge in [-0.15, -0.1) is 0 Å². The standard InChI is InChI=1S/C27H35N3O6S/c1-27(2,3)36-26(33)29-22(25(32)28-16-8-7-11-19-9-5-4-6-10-19)17-20-12-14-21(15-13-20)23-18-24(31)30-37(23,34)35/h4-6,9-10,12-15,22-23H,7-8,11,16-18H2,1-3H3,(H,28,32)(H,29,33)(H,30,31)/t22-,23?/m0/s1. The summed E-state index contributed by atoms with van der Waals surface area (Å²) in [5, 5.41) is 4.61. The number of nitrogens with one attached hydrogen (secondary N) is 3. The maximum atomic E-state index is 13.0. The molecule has 3 amide bonds. The number of aryl methyl sites for hydroxylation is 1. The highest BCUT2D eigenvalue weighted by Crippen LogP contribution is 2.30. The normalized spacial score (nSPS) is 17.5. The topological polar surface area (TPSA) is 131 Å². The van der Waals surface area contributed by atoms with E-state index >= 15 is 0 Å². The van der Waals surface area contributed by atoms with Crippen LogP contribution < -0.4 is 15.4 Å². The Kier molecular flexibility index (Phi) is 9.31. The summed E-state index contributed by atoms with van der Waals surface area (Å²) in [5.41, 5.74) is 1.73. The second kappa shape index (κ2) is 12.2. The Morgan fingerprint density at radius 3 is 2.30 bits per heavy atom. The molecule has 3 rings (SSSR count). The zero-order chi connectivity index (χ0) is 27.1. The lowest BCUT2D eigenvalue weighted by molar-refractivity contribution is -0.123. The molecule has 0 aliphatic carbocycles. The van der Waals surface area contributed by atoms with Gasteiger partial charge in [-0.3, -0.25) is 14.3 Å². The van der Waals surface area contributed by atoms with Crippen LogP contribution in [0.2, 0.25) is 0 Å². The number of carbonyl (C=O) groups is 3. The van der Waals surface area contributed by atoms with E-state index in [1.54, 1.807) is 45.0 Å². The molecule has 0 bridgehead atoms. The fourth-order valence-corrected chi connectivity index (χ4v) is 5.47. The van der Waals surface area contributed by atoms with Crippen LogP contribution in [0.5, 0.6) is 0 Å². The second-order valence-electron chi connectivity index (χ2n) is 10.1. The van der Waals surface area contributed by atoms with Crippen molar-refractivity contribution in [3.63, 3.8) is 0 Å². The summed E-state index contributed by atoms with van der Waals surface area (Å²) in [5.74, 6) is -0.862. The van der Waals surface area contributed by atoms with Gasteiger partial charge in [0.1, 0.15) is 16.9 Å². The highest BCUT2D eigenvalue weighted by molar-refractivity contribution is 7.90. The maximum Gasteiger partial charge on any atom is 0.408 e. The van der Waals surface area contributed by atoms with Crippen molar-refractivity contribution in [2.24, 2.45) is 0 Å². The van der Waals surface area contributed by atoms with Gasteiger partial charge in [0.2, 0.25) is 21.8 Å². The molecule has 1 heterocycles. The lowest BCUT2D eigenvalue weighted by Crippen LogP contribution is -2.49. The lowest BCUT2D eigenvalue weighted by atomic mass is 10.0. The summed E-state index contributed by atoms with van der Waals surface area (Å²) in [7, 11) is -3.74. The Balaban J connectivity index is 1.61. The van der Waals surface area contributed by atoms with Crippen molar-refractivity contribution >= 4 is 27.9 Å². The van der Waals surface area contributed by atoms with E-state index in [1.165, 1.54) is 5.56 Å². The number of benzene rings is 2. The molecule has 37 heavy (non-hydrogen) atoms. The van der Waals surface area contributed by atoms with Crippen molar-refractivity contribution in [1.29, 1.82) is 0 Å². The van der Waals surface area contributed by atoms with Crippen molar-refractivity contribution in [2.75, 3.05) is 6.54 Å². The molecule has 1 unspecified atom stereocenters. The first-order chi connectivity index (χ1) is 17.4. The van der Waals surface area contributed by atoms with E-state index in [1.807, 2.05) is 22.9 Å². The summed E-state index contributed by atoms with van der Waals surface area (Å²) >= 11 is 0. The summed E-state index contributed by atoms with van der Waals surface area (Å²) in [6.07, 6.45) is 1.98. The van der Waals surface area contributed by atoms with Crippen molar-refractivity contribution < 1.29 is 27.5 Å². The number of carbonyl (C=O) groups excluding carboxylic acids is 3. The van der Waals surface area contributed by atoms with Crippen molar-refractivity contribution in [2.45, 2.75) is 69.8 Å². The molecule has 2 aromatic rings. The Morgan fingerprint density at radius 2 is 1.70 bits per heavy atom. The predicted octanol–water partition coefficient (Wildman–Crippen LogP) is 3.15. The quantitative estimate of drug-likeness (QED) is 0.405. The van der Waals surface area contributed by atoms with Gasteiger partial charge in [0.25, 0.3) is 0 Å². The van der Waals surface area contributed by atoms with E-state index in [9.17, 15) is 22.8 Å². The van der Waals surface area contributed by atoms with E-state index in [-0.39, 0.29) is 18.7 Å². The van der Waals surface area contributed by atoms with Crippen molar-refractivity contribution in [3.05, 3.63) is 71.3 Å². The number of alkyl carbamates (subject to hydrolysis) is 1. The largest absolute Gasteiger partial charge is 0.444 e. The average molecular weight is 530 g/mol. The Labute approximate surface area is 218 Å². The average Bonchev–Trinajstić information content (AvgIpc) is 3.10. The summed E-state index contributed by atoms with van der Waals surface area (Å²) in [6.45, 7) is 5.69. The predicted molar refractivity (Wildman–Crippen MR) is 140 cm³/mol. The minimum absolute atomic E-state index is 0.128. The Bertz CT molecular complexity index is 1190. The molecule has 1 saturated heterocycles. The number of hydrogen-bond acceptors (Lipinski definition) is 6. The fraction of sp³-hybridized carbons (Fsp3) is 0.444. The van der Waals surface area contributed by atoms with Crippen LogP contribution in [0, 0.1) is 0 Å². The molecule has 0 radical (unpaired) electrons. The molecule has 0 spiro atoms. The molecule has 9 nitrogen and oxygen atoms in total. The van der Waals surface area contributed by atoms with Gasteiger partial charge in [0.15, 0.2) is 0 Å². The fourth-order valence-electron chi connectivity index (χ4n) is 4.04. The van der Waals surface area contributed by atoms with Gasteiger partial charge in [-0.1, -0.05) is 54.6 Å². The zero-order valence-corrected chi connectivity index (χ0v) is 22.3. The van der Waals surface area contributed by atoms with Gasteiger partial charge < -0.3 is 15.4 Å². The molecule has 1 fully saturated rings. The van der Waals surface area contributed by atoms with E-state index < -0.39 is 38.9 Å². The highest BCUT2D eigenvalue weighted by atomic mass is 32.2. The van der Waals surface area contributed by atoms with Gasteiger partial charge in [0, 0.05) is 13.0 Å². The zero-order valence-electron chi connectivity index (χ0n) is 21.5. The second-order valence-corrected chi connectivity index (χ2v) is 12.0. The molecule has 1 aliphatic rings. The smallest absolute Gasteiger partial charge is 0.408 e. The van der Waals surface area contributed by atoms with E-state index in [4.69, 9.17) is 4.74 Å². The number of rotatable bonds is 10. The number of amides is 3. The molecule has 2 aromatic carbocycles. The first-order valence-electron chi connectivity index (χ1n) is 12.4. The third-order valence-electron chi connectivity index (χ3n) is 5.83. The molecule has 2 atom stereocenters. The van der Waals surface area contributed by atoms with Gasteiger partial charge in [-0.25, -0.2) is 13.2 Å². The van der Waals surface area contributed by atoms with Crippen LogP contribution in [0.15, 0.2) is 54.6 Å². The van der Waals surface area contributed by atoms with Crippen molar-refractivity contribution in [1.82, 2.24) is 15.4 Å². The van der Waals surface area contributed by atoms with Crippen LogP contribution in [0.3, 0.4) is 0 Å². The summed E-state index contributed by atoms with van der Waals surface area (Å²) < 4.78 is 31.6. The van der Waals surface area contributed by atoms with Crippen LogP contribution in [0.4, 0.5) is 4.79 Å². The van der Waals surface area contributed by atoms with Gasteiger partial charge >= 0.3 is 6.09 Å². The third kappa shape index (κ3) is 8.89. The third-order valence-corrected chi connectivity index (χ3v) is 7.53. The SMILES string of the molecule is CC(C)(C)OC(=O)N[C@@H](Cc1ccc(C2CC(=O)NS2(=O)=O)cc1)C(=O)NCCCCc1ccccc1. The molecular weight excluding hydrogens is 494 g/mol. The highest BCUT2D eigenvalue weighted by Gasteiger charge is 2.37. The molecule has 3 N–H and O–H groups in total. The molecule has 1 aliphatic heterocycles. The number of sulfonamides is 1. The van der Waals surface area contributed by atoms with E-state index in [0.717, 1.165) is 24.8 Å². The molecule has 200 valence electrons. The molecule has 0 saturated carbocycles. The van der Waals surface area contributed by atoms with Crippen LogP contribution in [0.1, 0.15) is 62.0 Å². The van der Waals surface area contributed by atoms with Crippen LogP contribution in [-0.2, 0) is 37.2 Å². The van der Waals surface area contributed by atoms with Crippen LogP contribution in [-0.4, -0.2) is 44.5 Å². The Morgan fingerprint density at radius 1 is 1.03 bits per heavy atom. The molecular formula is C27H35N3O6S. The lowest BCUT2D eigenvalue weighted by Gasteiger charge is -2.23. The first-order valence-corrected chi connectivity index (χ1v) is 13.9.